The van der Waals surface area contributed by atoms with Crippen LogP contribution in [-0.2, 0) is 24.0 Å². The fourth-order valence-electron chi connectivity index (χ4n) is 1.64. The second-order valence-corrected chi connectivity index (χ2v) is 3.47. The molecule has 2 rings (SSSR count). The van der Waals surface area contributed by atoms with Gasteiger partial charge >= 0.3 is 5.97 Å². The van der Waals surface area contributed by atoms with Gasteiger partial charge in [0.25, 0.3) is 23.6 Å². The van der Waals surface area contributed by atoms with E-state index >= 15 is 0 Å². The molecule has 2 heterocycles. The lowest BCUT2D eigenvalue weighted by atomic mass is 10.3. The summed E-state index contributed by atoms with van der Waals surface area (Å²) in [6.07, 6.45) is 1.52. The van der Waals surface area contributed by atoms with Gasteiger partial charge in [-0.3, -0.25) is 19.2 Å². The highest BCUT2D eigenvalue weighted by Crippen LogP contribution is 2.17. The summed E-state index contributed by atoms with van der Waals surface area (Å²) in [5, 5.41) is 9.02. The van der Waals surface area contributed by atoms with E-state index in [1.807, 2.05) is 0 Å². The third-order valence-electron chi connectivity index (χ3n) is 2.40. The van der Waals surface area contributed by atoms with Crippen molar-refractivity contribution in [3.05, 3.63) is 24.3 Å². The Morgan fingerprint density at radius 2 is 1.11 bits per heavy atom. The summed E-state index contributed by atoms with van der Waals surface area (Å²) in [5.74, 6) is -5.20. The Hall–Kier alpha value is -2.77. The number of carbonyl (C=O) groups excluding carboxylic acids is 4. The number of carboxylic acid groups (broad SMARTS) is 1. The Morgan fingerprint density at radius 3 is 1.33 bits per heavy atom. The minimum absolute atomic E-state index is 0.338. The van der Waals surface area contributed by atoms with Crippen LogP contribution < -0.4 is 0 Å². The van der Waals surface area contributed by atoms with Crippen molar-refractivity contribution in [3.63, 3.8) is 0 Å². The van der Waals surface area contributed by atoms with E-state index in [4.69, 9.17) is 5.11 Å². The van der Waals surface area contributed by atoms with Crippen LogP contribution in [0, 0.1) is 0 Å². The number of hydrogen-bond acceptors (Lipinski definition) is 5. The first-order valence-corrected chi connectivity index (χ1v) is 4.77. The van der Waals surface area contributed by atoms with Crippen LogP contribution in [0.5, 0.6) is 0 Å². The average Bonchev–Trinajstić information content (AvgIpc) is 2.78. The van der Waals surface area contributed by atoms with E-state index in [-0.39, 0.29) is 0 Å². The highest BCUT2D eigenvalue weighted by atomic mass is 16.4. The van der Waals surface area contributed by atoms with Gasteiger partial charge in [-0.2, -0.15) is 0 Å². The Balaban J connectivity index is 2.39. The van der Waals surface area contributed by atoms with Gasteiger partial charge in [-0.05, 0) is 0 Å². The van der Waals surface area contributed by atoms with Crippen molar-refractivity contribution in [1.82, 2.24) is 9.80 Å². The molecule has 0 aromatic carbocycles. The van der Waals surface area contributed by atoms with Crippen molar-refractivity contribution >= 4 is 29.6 Å². The van der Waals surface area contributed by atoms with Crippen LogP contribution in [0.3, 0.4) is 0 Å². The van der Waals surface area contributed by atoms with Gasteiger partial charge in [-0.15, -0.1) is 0 Å². The molecule has 2 aliphatic heterocycles. The lowest BCUT2D eigenvalue weighted by Crippen LogP contribution is -2.57. The number of amides is 4. The van der Waals surface area contributed by atoms with Crippen LogP contribution in [0.25, 0.3) is 0 Å². The molecule has 0 fully saturated rings. The van der Waals surface area contributed by atoms with Crippen molar-refractivity contribution in [2.75, 3.05) is 0 Å². The van der Waals surface area contributed by atoms with Crippen LogP contribution >= 0.6 is 0 Å². The quantitative estimate of drug-likeness (QED) is 0.594. The van der Waals surface area contributed by atoms with Gasteiger partial charge in [0.05, 0.1) is 0 Å². The number of carbonyl (C=O) groups is 5. The lowest BCUT2D eigenvalue weighted by molar-refractivity contribution is -0.167. The van der Waals surface area contributed by atoms with Gasteiger partial charge in [0.1, 0.15) is 0 Å². The maximum absolute atomic E-state index is 11.4. The molecule has 1 N–H and O–H groups in total. The molecule has 0 aliphatic carbocycles. The van der Waals surface area contributed by atoms with Crippen LogP contribution in [0.4, 0.5) is 0 Å². The van der Waals surface area contributed by atoms with Gasteiger partial charge < -0.3 is 5.11 Å². The molecule has 0 spiro atoms. The number of imide groups is 2. The molecule has 92 valence electrons. The van der Waals surface area contributed by atoms with E-state index in [0.29, 0.717) is 9.80 Å². The number of carboxylic acids is 1. The SMILES string of the molecule is O=C(O)C(N1C(=O)C=CC1=O)N1C(=O)C=CC1=O. The summed E-state index contributed by atoms with van der Waals surface area (Å²) in [6.45, 7) is 0. The highest BCUT2D eigenvalue weighted by Gasteiger charge is 2.45. The summed E-state index contributed by atoms with van der Waals surface area (Å²) in [4.78, 5) is 57.3. The minimum Gasteiger partial charge on any atom is -0.478 e. The third-order valence-corrected chi connectivity index (χ3v) is 2.40. The van der Waals surface area contributed by atoms with Crippen molar-refractivity contribution in [3.8, 4) is 0 Å². The predicted molar refractivity (Wildman–Crippen MR) is 53.4 cm³/mol. The maximum Gasteiger partial charge on any atom is 0.348 e. The fourth-order valence-corrected chi connectivity index (χ4v) is 1.64. The largest absolute Gasteiger partial charge is 0.478 e. The molecule has 0 aromatic rings. The van der Waals surface area contributed by atoms with E-state index in [1.165, 1.54) is 0 Å². The number of hydrogen-bond donors (Lipinski definition) is 1. The molecule has 4 amide bonds. The first-order chi connectivity index (χ1) is 8.43. The maximum atomic E-state index is 11.4. The van der Waals surface area contributed by atoms with Gasteiger partial charge in [-0.1, -0.05) is 0 Å². The molecule has 0 atom stereocenters. The monoisotopic (exact) mass is 250 g/mol. The second-order valence-electron chi connectivity index (χ2n) is 3.47. The smallest absolute Gasteiger partial charge is 0.348 e. The van der Waals surface area contributed by atoms with E-state index in [2.05, 4.69) is 0 Å². The van der Waals surface area contributed by atoms with E-state index in [1.54, 1.807) is 0 Å². The second kappa shape index (κ2) is 3.91. The summed E-state index contributed by atoms with van der Waals surface area (Å²) in [6, 6.07) is 0. The lowest BCUT2D eigenvalue weighted by Gasteiger charge is -2.28. The molecule has 0 unspecified atom stereocenters. The molecule has 2 aliphatic rings. The first-order valence-electron chi connectivity index (χ1n) is 4.77. The average molecular weight is 250 g/mol. The van der Waals surface area contributed by atoms with Crippen LogP contribution in [0.1, 0.15) is 0 Å². The van der Waals surface area contributed by atoms with Gasteiger partial charge in [0.2, 0.25) is 6.17 Å². The fraction of sp³-hybridized carbons (Fsp3) is 0.100. The zero-order valence-corrected chi connectivity index (χ0v) is 8.77. The standard InChI is InChI=1S/C10H6N2O6/c13-5-1-2-6(14)11(5)9(10(17)18)12-7(15)3-4-8(12)16/h1-4,9H,(H,17,18). The zero-order valence-electron chi connectivity index (χ0n) is 8.77. The Bertz CT molecular complexity index is 469. The molecule has 0 saturated heterocycles. The predicted octanol–water partition coefficient (Wildman–Crippen LogP) is -1.75. The summed E-state index contributed by atoms with van der Waals surface area (Å²) in [7, 11) is 0. The molecular formula is C10H6N2O6. The molecule has 8 nitrogen and oxygen atoms in total. The van der Waals surface area contributed by atoms with Crippen molar-refractivity contribution in [2.24, 2.45) is 0 Å². The van der Waals surface area contributed by atoms with Crippen molar-refractivity contribution in [2.45, 2.75) is 6.17 Å². The summed E-state index contributed by atoms with van der Waals surface area (Å²) >= 11 is 0. The topological polar surface area (TPSA) is 112 Å². The molecule has 0 radical (unpaired) electrons. The van der Waals surface area contributed by atoms with Gasteiger partial charge in [-0.25, -0.2) is 14.6 Å². The van der Waals surface area contributed by atoms with Crippen LogP contribution in [-0.4, -0.2) is 50.7 Å². The zero-order chi connectivity index (χ0) is 13.4. The normalized spacial score (nSPS) is 18.7. The molecule has 0 bridgehead atoms. The molecule has 18 heavy (non-hydrogen) atoms. The van der Waals surface area contributed by atoms with E-state index in [9.17, 15) is 24.0 Å². The highest BCUT2D eigenvalue weighted by molar-refractivity contribution is 6.18. The Kier molecular flexibility index (Phi) is 2.55. The van der Waals surface area contributed by atoms with Crippen molar-refractivity contribution < 1.29 is 29.1 Å². The Morgan fingerprint density at radius 1 is 0.833 bits per heavy atom. The van der Waals surface area contributed by atoms with E-state index < -0.39 is 35.8 Å². The summed E-state index contributed by atoms with van der Waals surface area (Å²) < 4.78 is 0. The van der Waals surface area contributed by atoms with Crippen LogP contribution in [0.2, 0.25) is 0 Å². The molecular weight excluding hydrogens is 244 g/mol. The third kappa shape index (κ3) is 1.59. The van der Waals surface area contributed by atoms with Gasteiger partial charge in [0.15, 0.2) is 0 Å². The van der Waals surface area contributed by atoms with Gasteiger partial charge in [0, 0.05) is 24.3 Å². The van der Waals surface area contributed by atoms with Crippen LogP contribution in [0.15, 0.2) is 24.3 Å². The first kappa shape index (κ1) is 11.7. The van der Waals surface area contributed by atoms with E-state index in [0.717, 1.165) is 24.3 Å². The van der Waals surface area contributed by atoms with Crippen molar-refractivity contribution in [1.29, 1.82) is 0 Å². The Labute approximate surface area is 99.8 Å². The minimum atomic E-state index is -1.96. The number of rotatable bonds is 3. The number of nitrogens with zero attached hydrogens (tertiary/aromatic N) is 2. The molecule has 0 aromatic heterocycles. The number of aliphatic carboxylic acids is 1. The molecule has 8 heteroatoms. The molecule has 0 saturated carbocycles. The summed E-state index contributed by atoms with van der Waals surface area (Å²) in [5.41, 5.74) is 0.